The van der Waals surface area contributed by atoms with Crippen LogP contribution in [-0.4, -0.2) is 28.0 Å². The topological polar surface area (TPSA) is 69.0 Å². The second-order valence-electron chi connectivity index (χ2n) is 6.30. The lowest BCUT2D eigenvalue weighted by atomic mass is 10.1. The highest BCUT2D eigenvalue weighted by Crippen LogP contribution is 2.23. The smallest absolute Gasteiger partial charge is 0.255 e. The standard InChI is InChI=1S/C21H17FN4O2/c1-13-11-19-20(25-26(24-19)16-7-5-15(22)6-8-16)12-18(13)23-21(27)14-3-9-17(28-2)10-4-14/h3-12H,1-2H3,(H,23,27). The number of benzene rings is 3. The van der Waals surface area contributed by atoms with Crippen LogP contribution in [0.3, 0.4) is 0 Å². The highest BCUT2D eigenvalue weighted by Gasteiger charge is 2.12. The van der Waals surface area contributed by atoms with Gasteiger partial charge in [-0.1, -0.05) is 0 Å². The number of hydrogen-bond donors (Lipinski definition) is 1. The molecule has 0 bridgehead atoms. The van der Waals surface area contributed by atoms with E-state index in [4.69, 9.17) is 4.74 Å². The molecule has 1 amide bonds. The number of fused-ring (bicyclic) bond motifs is 1. The Labute approximate surface area is 160 Å². The van der Waals surface area contributed by atoms with Gasteiger partial charge in [-0.3, -0.25) is 4.79 Å². The number of halogens is 1. The number of hydrogen-bond acceptors (Lipinski definition) is 4. The van der Waals surface area contributed by atoms with Gasteiger partial charge in [-0.15, -0.1) is 10.2 Å². The van der Waals surface area contributed by atoms with Gasteiger partial charge in [0.25, 0.3) is 5.91 Å². The Morgan fingerprint density at radius 1 is 1.00 bits per heavy atom. The Bertz CT molecular complexity index is 1150. The number of nitrogens with one attached hydrogen (secondary N) is 1. The Balaban J connectivity index is 1.62. The average molecular weight is 376 g/mol. The van der Waals surface area contributed by atoms with Crippen molar-refractivity contribution in [1.29, 1.82) is 0 Å². The number of aromatic nitrogens is 3. The first-order valence-electron chi connectivity index (χ1n) is 8.62. The van der Waals surface area contributed by atoms with E-state index in [1.165, 1.54) is 16.9 Å². The summed E-state index contributed by atoms with van der Waals surface area (Å²) in [5.41, 5.74) is 4.00. The zero-order valence-corrected chi connectivity index (χ0v) is 15.3. The molecule has 0 saturated carbocycles. The molecule has 0 unspecified atom stereocenters. The maximum absolute atomic E-state index is 13.1. The van der Waals surface area contributed by atoms with Gasteiger partial charge in [0.15, 0.2) is 0 Å². The molecule has 0 spiro atoms. The first-order chi connectivity index (χ1) is 13.5. The highest BCUT2D eigenvalue weighted by atomic mass is 19.1. The Hall–Kier alpha value is -3.74. The average Bonchev–Trinajstić information content (AvgIpc) is 3.11. The third-order valence-electron chi connectivity index (χ3n) is 4.38. The summed E-state index contributed by atoms with van der Waals surface area (Å²) in [6.07, 6.45) is 0. The van der Waals surface area contributed by atoms with Gasteiger partial charge < -0.3 is 10.1 Å². The van der Waals surface area contributed by atoms with Crippen molar-refractivity contribution in [3.63, 3.8) is 0 Å². The summed E-state index contributed by atoms with van der Waals surface area (Å²) in [5.74, 6) is 0.141. The van der Waals surface area contributed by atoms with Crippen LogP contribution in [0.5, 0.6) is 5.75 Å². The van der Waals surface area contributed by atoms with Crippen molar-refractivity contribution in [2.75, 3.05) is 12.4 Å². The predicted octanol–water partition coefficient (Wildman–Crippen LogP) is 4.13. The molecule has 0 aliphatic rings. The van der Waals surface area contributed by atoms with Crippen molar-refractivity contribution in [2.24, 2.45) is 0 Å². The molecule has 3 aromatic carbocycles. The Morgan fingerprint density at radius 3 is 2.29 bits per heavy atom. The molecule has 0 aliphatic carbocycles. The number of carbonyl (C=O) groups excluding carboxylic acids is 1. The summed E-state index contributed by atoms with van der Waals surface area (Å²) >= 11 is 0. The molecule has 1 aromatic heterocycles. The van der Waals surface area contributed by atoms with Crippen molar-refractivity contribution in [3.05, 3.63) is 77.6 Å². The van der Waals surface area contributed by atoms with Crippen LogP contribution in [0.2, 0.25) is 0 Å². The molecule has 6 nitrogen and oxygen atoms in total. The fourth-order valence-corrected chi connectivity index (χ4v) is 2.83. The van der Waals surface area contributed by atoms with E-state index >= 15 is 0 Å². The number of rotatable bonds is 4. The second kappa shape index (κ2) is 7.11. The minimum absolute atomic E-state index is 0.226. The molecule has 0 aliphatic heterocycles. The first-order valence-corrected chi connectivity index (χ1v) is 8.62. The summed E-state index contributed by atoms with van der Waals surface area (Å²) in [6, 6.07) is 16.4. The van der Waals surface area contributed by atoms with E-state index in [1.54, 1.807) is 49.6 Å². The monoisotopic (exact) mass is 376 g/mol. The van der Waals surface area contributed by atoms with E-state index in [0.29, 0.717) is 33.7 Å². The lowest BCUT2D eigenvalue weighted by molar-refractivity contribution is 0.102. The third-order valence-corrected chi connectivity index (χ3v) is 4.38. The number of ether oxygens (including phenoxy) is 1. The summed E-state index contributed by atoms with van der Waals surface area (Å²) in [6.45, 7) is 1.89. The van der Waals surface area contributed by atoms with Crippen LogP contribution in [0.1, 0.15) is 15.9 Å². The van der Waals surface area contributed by atoms with Gasteiger partial charge in [-0.05, 0) is 73.2 Å². The molecule has 0 radical (unpaired) electrons. The molecule has 0 saturated heterocycles. The Morgan fingerprint density at radius 2 is 1.64 bits per heavy atom. The fourth-order valence-electron chi connectivity index (χ4n) is 2.83. The maximum Gasteiger partial charge on any atom is 0.255 e. The zero-order chi connectivity index (χ0) is 19.7. The molecule has 28 heavy (non-hydrogen) atoms. The lowest BCUT2D eigenvalue weighted by Gasteiger charge is -2.08. The van der Waals surface area contributed by atoms with Gasteiger partial charge in [0.05, 0.1) is 12.8 Å². The molecule has 0 atom stereocenters. The number of anilines is 1. The van der Waals surface area contributed by atoms with Crippen molar-refractivity contribution in [3.8, 4) is 11.4 Å². The van der Waals surface area contributed by atoms with Gasteiger partial charge in [-0.25, -0.2) is 4.39 Å². The van der Waals surface area contributed by atoms with Crippen LogP contribution < -0.4 is 10.1 Å². The Kier molecular flexibility index (Phi) is 4.49. The van der Waals surface area contributed by atoms with Crippen molar-refractivity contribution < 1.29 is 13.9 Å². The van der Waals surface area contributed by atoms with E-state index in [2.05, 4.69) is 15.5 Å². The second-order valence-corrected chi connectivity index (χ2v) is 6.30. The summed E-state index contributed by atoms with van der Waals surface area (Å²) in [7, 11) is 1.58. The molecule has 4 rings (SSSR count). The van der Waals surface area contributed by atoms with Crippen LogP contribution in [-0.2, 0) is 0 Å². The van der Waals surface area contributed by atoms with Crippen LogP contribution in [0.4, 0.5) is 10.1 Å². The molecule has 4 aromatic rings. The maximum atomic E-state index is 13.1. The molecule has 7 heteroatoms. The minimum Gasteiger partial charge on any atom is -0.497 e. The van der Waals surface area contributed by atoms with E-state index in [9.17, 15) is 9.18 Å². The number of methoxy groups -OCH3 is 1. The van der Waals surface area contributed by atoms with E-state index in [-0.39, 0.29) is 11.7 Å². The van der Waals surface area contributed by atoms with Crippen LogP contribution in [0.15, 0.2) is 60.7 Å². The molecule has 140 valence electrons. The summed E-state index contributed by atoms with van der Waals surface area (Å²) in [4.78, 5) is 14.0. The van der Waals surface area contributed by atoms with Crippen molar-refractivity contribution in [2.45, 2.75) is 6.92 Å². The van der Waals surface area contributed by atoms with Gasteiger partial charge in [0, 0.05) is 11.3 Å². The first kappa shape index (κ1) is 17.7. The molecular formula is C21H17FN4O2. The van der Waals surface area contributed by atoms with Gasteiger partial charge in [0.2, 0.25) is 0 Å². The van der Waals surface area contributed by atoms with Crippen molar-refractivity contribution in [1.82, 2.24) is 15.0 Å². The zero-order valence-electron chi connectivity index (χ0n) is 15.3. The van der Waals surface area contributed by atoms with Crippen molar-refractivity contribution >= 4 is 22.6 Å². The SMILES string of the molecule is COc1ccc(C(=O)Nc2cc3nn(-c4ccc(F)cc4)nc3cc2C)cc1. The molecular weight excluding hydrogens is 359 g/mol. The van der Waals surface area contributed by atoms with Crippen LogP contribution in [0, 0.1) is 12.7 Å². The normalized spacial score (nSPS) is 10.8. The lowest BCUT2D eigenvalue weighted by Crippen LogP contribution is -2.12. The number of aryl methyl sites for hydroxylation is 1. The van der Waals surface area contributed by atoms with Gasteiger partial charge in [0.1, 0.15) is 22.6 Å². The van der Waals surface area contributed by atoms with E-state index in [0.717, 1.165) is 5.56 Å². The number of amides is 1. The van der Waals surface area contributed by atoms with E-state index in [1.807, 2.05) is 13.0 Å². The minimum atomic E-state index is -0.320. The van der Waals surface area contributed by atoms with Gasteiger partial charge in [-0.2, -0.15) is 4.80 Å². The number of carbonyl (C=O) groups is 1. The third kappa shape index (κ3) is 3.42. The fraction of sp³-hybridized carbons (Fsp3) is 0.0952. The quantitative estimate of drug-likeness (QED) is 0.581. The van der Waals surface area contributed by atoms with Crippen LogP contribution in [0.25, 0.3) is 16.7 Å². The summed E-state index contributed by atoms with van der Waals surface area (Å²) < 4.78 is 18.2. The molecule has 1 heterocycles. The summed E-state index contributed by atoms with van der Waals surface area (Å²) in [5, 5.41) is 11.8. The number of nitrogens with zero attached hydrogens (tertiary/aromatic N) is 3. The van der Waals surface area contributed by atoms with E-state index < -0.39 is 0 Å². The molecule has 0 fully saturated rings. The van der Waals surface area contributed by atoms with Gasteiger partial charge >= 0.3 is 0 Å². The highest BCUT2D eigenvalue weighted by molar-refractivity contribution is 6.05. The predicted molar refractivity (Wildman–Crippen MR) is 105 cm³/mol. The molecule has 1 N–H and O–H groups in total. The largest absolute Gasteiger partial charge is 0.497 e. The van der Waals surface area contributed by atoms with Crippen LogP contribution >= 0.6 is 0 Å².